The molecule has 0 aliphatic carbocycles. The van der Waals surface area contributed by atoms with Crippen molar-refractivity contribution in [1.82, 2.24) is 14.7 Å². The Kier molecular flexibility index (Phi) is 7.78. The van der Waals surface area contributed by atoms with Gasteiger partial charge in [0, 0.05) is 23.9 Å². The molecule has 4 rings (SSSR count). The lowest BCUT2D eigenvalue weighted by Crippen LogP contribution is -2.33. The van der Waals surface area contributed by atoms with Crippen molar-refractivity contribution in [2.24, 2.45) is 5.92 Å². The molecule has 170 valence electrons. The van der Waals surface area contributed by atoms with Crippen LogP contribution in [0, 0.1) is 5.92 Å². The summed E-state index contributed by atoms with van der Waals surface area (Å²) in [4.78, 5) is 15.7. The van der Waals surface area contributed by atoms with Crippen LogP contribution in [0.5, 0.6) is 0 Å². The topological polar surface area (TPSA) is 38.1 Å². The number of aromatic nitrogens is 2. The molecule has 1 aliphatic heterocycles. The highest BCUT2D eigenvalue weighted by Gasteiger charge is 2.33. The summed E-state index contributed by atoms with van der Waals surface area (Å²) in [6, 6.07) is 20.1. The summed E-state index contributed by atoms with van der Waals surface area (Å²) in [5.74, 6) is 0.485. The van der Waals surface area contributed by atoms with Crippen LogP contribution in [0.15, 0.2) is 71.8 Å². The maximum absolute atomic E-state index is 13.3. The predicted molar refractivity (Wildman–Crippen MR) is 142 cm³/mol. The molecule has 4 nitrogen and oxygen atoms in total. The Bertz CT molecular complexity index is 1140. The van der Waals surface area contributed by atoms with Gasteiger partial charge in [-0.15, -0.1) is 0 Å². The Morgan fingerprint density at radius 1 is 1.06 bits per heavy atom. The van der Waals surface area contributed by atoms with E-state index in [9.17, 15) is 4.79 Å². The largest absolute Gasteiger partial charge is 0.293 e. The molecule has 0 unspecified atom stereocenters. The fourth-order valence-corrected chi connectivity index (χ4v) is 5.27. The van der Waals surface area contributed by atoms with Crippen LogP contribution in [-0.2, 0) is 4.79 Å². The van der Waals surface area contributed by atoms with Gasteiger partial charge in [0.15, 0.2) is 0 Å². The van der Waals surface area contributed by atoms with E-state index in [1.165, 1.54) is 24.6 Å². The van der Waals surface area contributed by atoms with E-state index in [1.54, 1.807) is 4.90 Å². The SMILES string of the molecule is CCCC[C@H](CC)CN1C(=O)/C(=C/c2cn(-c3ccccc3)nc2-c2ccccc2)SC1=S. The normalized spacial score (nSPS) is 16.1. The number of amides is 1. The number of hydrogen-bond donors (Lipinski definition) is 0. The summed E-state index contributed by atoms with van der Waals surface area (Å²) in [6.45, 7) is 5.10. The van der Waals surface area contributed by atoms with Gasteiger partial charge in [-0.3, -0.25) is 9.69 Å². The van der Waals surface area contributed by atoms with Crippen LogP contribution in [-0.4, -0.2) is 31.5 Å². The third-order valence-corrected chi connectivity index (χ3v) is 7.33. The number of thiocarbonyl (C=S) groups is 1. The Labute approximate surface area is 205 Å². The van der Waals surface area contributed by atoms with E-state index in [-0.39, 0.29) is 5.91 Å². The first kappa shape index (κ1) is 23.5. The van der Waals surface area contributed by atoms with Crippen LogP contribution in [0.25, 0.3) is 23.0 Å². The van der Waals surface area contributed by atoms with Gasteiger partial charge in [0.1, 0.15) is 4.32 Å². The van der Waals surface area contributed by atoms with Crippen molar-refractivity contribution in [3.05, 3.63) is 77.3 Å². The highest BCUT2D eigenvalue weighted by atomic mass is 32.2. The van der Waals surface area contributed by atoms with E-state index in [2.05, 4.69) is 13.8 Å². The summed E-state index contributed by atoms with van der Waals surface area (Å²) in [7, 11) is 0. The Morgan fingerprint density at radius 3 is 2.42 bits per heavy atom. The molecule has 33 heavy (non-hydrogen) atoms. The number of para-hydroxylation sites is 1. The number of hydrogen-bond acceptors (Lipinski definition) is 4. The van der Waals surface area contributed by atoms with Gasteiger partial charge in [0.25, 0.3) is 5.91 Å². The number of benzene rings is 2. The summed E-state index contributed by atoms with van der Waals surface area (Å²) in [5.41, 5.74) is 3.74. The minimum Gasteiger partial charge on any atom is -0.293 e. The maximum atomic E-state index is 13.3. The molecule has 1 amide bonds. The first-order valence-corrected chi connectivity index (χ1v) is 12.8. The number of thioether (sulfide) groups is 1. The molecule has 1 fully saturated rings. The average Bonchev–Trinajstić information content (AvgIpc) is 3.39. The first-order valence-electron chi connectivity index (χ1n) is 11.6. The van der Waals surface area contributed by atoms with E-state index in [1.807, 2.05) is 77.6 Å². The van der Waals surface area contributed by atoms with Gasteiger partial charge in [-0.1, -0.05) is 106 Å². The zero-order chi connectivity index (χ0) is 23.2. The zero-order valence-electron chi connectivity index (χ0n) is 19.1. The molecule has 6 heteroatoms. The quantitative estimate of drug-likeness (QED) is 0.248. The highest BCUT2D eigenvalue weighted by molar-refractivity contribution is 8.26. The van der Waals surface area contributed by atoms with Crippen LogP contribution in [0.1, 0.15) is 45.1 Å². The molecule has 0 bridgehead atoms. The van der Waals surface area contributed by atoms with Crippen LogP contribution < -0.4 is 0 Å². The Morgan fingerprint density at radius 2 is 1.76 bits per heavy atom. The van der Waals surface area contributed by atoms with Gasteiger partial charge in [-0.25, -0.2) is 4.68 Å². The molecule has 1 atom stereocenters. The molecule has 1 aliphatic rings. The molecule has 3 aromatic rings. The van der Waals surface area contributed by atoms with Crippen molar-refractivity contribution in [1.29, 1.82) is 0 Å². The number of carbonyl (C=O) groups excluding carboxylic acids is 1. The molecular formula is C27H29N3OS2. The summed E-state index contributed by atoms with van der Waals surface area (Å²) in [6.07, 6.45) is 8.47. The smallest absolute Gasteiger partial charge is 0.266 e. The average molecular weight is 476 g/mol. The second-order valence-corrected chi connectivity index (χ2v) is 9.96. The fraction of sp³-hybridized carbons (Fsp3) is 0.296. The van der Waals surface area contributed by atoms with E-state index < -0.39 is 0 Å². The molecule has 1 saturated heterocycles. The monoisotopic (exact) mass is 475 g/mol. The molecule has 0 saturated carbocycles. The first-order chi connectivity index (χ1) is 16.1. The van der Waals surface area contributed by atoms with Crippen molar-refractivity contribution in [2.75, 3.05) is 6.54 Å². The van der Waals surface area contributed by atoms with Crippen LogP contribution in [0.2, 0.25) is 0 Å². The summed E-state index contributed by atoms with van der Waals surface area (Å²) in [5, 5.41) is 4.86. The predicted octanol–water partition coefficient (Wildman–Crippen LogP) is 6.96. The van der Waals surface area contributed by atoms with Gasteiger partial charge in [0.2, 0.25) is 0 Å². The minimum atomic E-state index is 0.00595. The van der Waals surface area contributed by atoms with Crippen molar-refractivity contribution in [3.8, 4) is 16.9 Å². The van der Waals surface area contributed by atoms with E-state index in [0.717, 1.165) is 35.3 Å². The third kappa shape index (κ3) is 5.45. The molecule has 0 radical (unpaired) electrons. The minimum absolute atomic E-state index is 0.00595. The van der Waals surface area contributed by atoms with Gasteiger partial charge < -0.3 is 0 Å². The highest BCUT2D eigenvalue weighted by Crippen LogP contribution is 2.35. The summed E-state index contributed by atoms with van der Waals surface area (Å²) < 4.78 is 2.52. The standard InChI is InChI=1S/C27H29N3OS2/c1-3-5-12-20(4-2)18-29-26(31)24(33-27(29)32)17-22-19-30(23-15-10-7-11-16-23)28-25(22)21-13-8-6-9-14-21/h6-11,13-17,19-20H,3-5,12,18H2,1-2H3/b24-17-/t20-/m0/s1. The summed E-state index contributed by atoms with van der Waals surface area (Å²) >= 11 is 7.00. The van der Waals surface area contributed by atoms with E-state index in [4.69, 9.17) is 17.3 Å². The van der Waals surface area contributed by atoms with Gasteiger partial charge in [0.05, 0.1) is 16.3 Å². The van der Waals surface area contributed by atoms with Crippen LogP contribution in [0.3, 0.4) is 0 Å². The molecule has 0 N–H and O–H groups in total. The van der Waals surface area contributed by atoms with Gasteiger partial charge in [-0.2, -0.15) is 5.10 Å². The lowest BCUT2D eigenvalue weighted by Gasteiger charge is -2.21. The number of unbranched alkanes of at least 4 members (excludes halogenated alkanes) is 1. The number of carbonyl (C=O) groups is 1. The van der Waals surface area contributed by atoms with Gasteiger partial charge in [-0.05, 0) is 30.5 Å². The van der Waals surface area contributed by atoms with Crippen molar-refractivity contribution < 1.29 is 4.79 Å². The Hall–Kier alpha value is -2.70. The zero-order valence-corrected chi connectivity index (χ0v) is 20.7. The lowest BCUT2D eigenvalue weighted by atomic mass is 9.99. The van der Waals surface area contributed by atoms with Crippen LogP contribution >= 0.6 is 24.0 Å². The van der Waals surface area contributed by atoms with Crippen molar-refractivity contribution in [2.45, 2.75) is 39.5 Å². The van der Waals surface area contributed by atoms with Gasteiger partial charge >= 0.3 is 0 Å². The van der Waals surface area contributed by atoms with E-state index in [0.29, 0.717) is 21.7 Å². The Balaban J connectivity index is 1.66. The molecule has 2 aromatic carbocycles. The molecule has 1 aromatic heterocycles. The van der Waals surface area contributed by atoms with Crippen molar-refractivity contribution in [3.63, 3.8) is 0 Å². The van der Waals surface area contributed by atoms with Crippen molar-refractivity contribution >= 4 is 40.3 Å². The third-order valence-electron chi connectivity index (χ3n) is 5.95. The van der Waals surface area contributed by atoms with E-state index >= 15 is 0 Å². The second kappa shape index (κ2) is 10.9. The maximum Gasteiger partial charge on any atom is 0.266 e. The van der Waals surface area contributed by atoms with Crippen LogP contribution in [0.4, 0.5) is 0 Å². The fourth-order valence-electron chi connectivity index (χ4n) is 4.00. The molecule has 2 heterocycles. The lowest BCUT2D eigenvalue weighted by molar-refractivity contribution is -0.122. The number of nitrogens with zero attached hydrogens (tertiary/aromatic N) is 3. The molecular weight excluding hydrogens is 446 g/mol. The molecule has 0 spiro atoms. The second-order valence-electron chi connectivity index (χ2n) is 8.29. The number of rotatable bonds is 9.